The van der Waals surface area contributed by atoms with Crippen molar-refractivity contribution in [2.75, 3.05) is 0 Å². The van der Waals surface area contributed by atoms with Gasteiger partial charge < -0.3 is 5.11 Å². The van der Waals surface area contributed by atoms with Crippen LogP contribution >= 0.6 is 0 Å². The van der Waals surface area contributed by atoms with E-state index in [2.05, 4.69) is 4.99 Å². The summed E-state index contributed by atoms with van der Waals surface area (Å²) in [6, 6.07) is 13.0. The van der Waals surface area contributed by atoms with Crippen LogP contribution in [0.25, 0.3) is 5.76 Å². The van der Waals surface area contributed by atoms with Crippen molar-refractivity contribution in [3.63, 3.8) is 0 Å². The van der Waals surface area contributed by atoms with Crippen molar-refractivity contribution in [1.29, 1.82) is 0 Å². The van der Waals surface area contributed by atoms with Gasteiger partial charge in [0, 0.05) is 11.1 Å². The predicted octanol–water partition coefficient (Wildman–Crippen LogP) is 4.56. The quantitative estimate of drug-likeness (QED) is 0.824. The van der Waals surface area contributed by atoms with Crippen LogP contribution in [0.3, 0.4) is 0 Å². The Kier molecular flexibility index (Phi) is 3.41. The third kappa shape index (κ3) is 2.25. The van der Waals surface area contributed by atoms with Crippen molar-refractivity contribution in [3.05, 3.63) is 70.3 Å². The van der Waals surface area contributed by atoms with Crippen molar-refractivity contribution in [2.45, 2.75) is 20.8 Å². The fraction of sp³-hybridized carbons (Fsp3) is 0.158. The van der Waals surface area contributed by atoms with E-state index in [4.69, 9.17) is 0 Å². The predicted molar refractivity (Wildman–Crippen MR) is 89.0 cm³/mol. The first-order chi connectivity index (χ1) is 10.5. The number of hydrogen-bond donors (Lipinski definition) is 1. The minimum absolute atomic E-state index is 0.0192. The summed E-state index contributed by atoms with van der Waals surface area (Å²) >= 11 is 0. The van der Waals surface area contributed by atoms with E-state index >= 15 is 0 Å². The molecule has 0 saturated carbocycles. The van der Waals surface area contributed by atoms with Gasteiger partial charge in [0.05, 0.1) is 17.0 Å². The van der Waals surface area contributed by atoms with Gasteiger partial charge in [0.1, 0.15) is 5.76 Å². The summed E-state index contributed by atoms with van der Waals surface area (Å²) in [7, 11) is 0. The second-order valence-corrected chi connectivity index (χ2v) is 5.56. The smallest absolute Gasteiger partial charge is 0.199 e. The third-order valence-corrected chi connectivity index (χ3v) is 4.04. The Morgan fingerprint density at radius 3 is 2.32 bits per heavy atom. The van der Waals surface area contributed by atoms with E-state index in [1.807, 2.05) is 32.0 Å². The molecule has 22 heavy (non-hydrogen) atoms. The van der Waals surface area contributed by atoms with Gasteiger partial charge in [-0.3, -0.25) is 9.79 Å². The summed E-state index contributed by atoms with van der Waals surface area (Å²) in [6.45, 7) is 5.82. The molecule has 0 fully saturated rings. The molecular formula is C19H17NO2. The molecule has 3 rings (SSSR count). The molecule has 110 valence electrons. The van der Waals surface area contributed by atoms with E-state index in [-0.39, 0.29) is 11.5 Å². The number of carbonyl (C=O) groups excluding carboxylic acids is 1. The maximum atomic E-state index is 12.5. The molecule has 0 aromatic heterocycles. The largest absolute Gasteiger partial charge is 0.506 e. The summed E-state index contributed by atoms with van der Waals surface area (Å²) in [6.07, 6.45) is 0. The van der Waals surface area contributed by atoms with E-state index in [0.717, 1.165) is 11.3 Å². The van der Waals surface area contributed by atoms with Gasteiger partial charge >= 0.3 is 0 Å². The van der Waals surface area contributed by atoms with Gasteiger partial charge in [-0.15, -0.1) is 0 Å². The third-order valence-electron chi connectivity index (χ3n) is 4.04. The van der Waals surface area contributed by atoms with Gasteiger partial charge in [0.2, 0.25) is 0 Å². The molecule has 1 N–H and O–H groups in total. The zero-order valence-electron chi connectivity index (χ0n) is 12.8. The number of nitrogens with zero attached hydrogens (tertiary/aromatic N) is 1. The first kappa shape index (κ1) is 14.3. The number of aliphatic imine (C=N–C) groups is 1. The van der Waals surface area contributed by atoms with Gasteiger partial charge in [-0.1, -0.05) is 30.3 Å². The SMILES string of the molecule is CC(=Nc1ccc(C)c(C)c1)C1=C(O)c2ccccc2C1=O. The Balaban J connectivity index is 2.04. The Labute approximate surface area is 129 Å². The molecule has 0 spiro atoms. The van der Waals surface area contributed by atoms with Crippen molar-refractivity contribution < 1.29 is 9.90 Å². The minimum Gasteiger partial charge on any atom is -0.506 e. The number of aryl methyl sites for hydroxylation is 2. The Morgan fingerprint density at radius 2 is 1.68 bits per heavy atom. The van der Waals surface area contributed by atoms with Gasteiger partial charge in [-0.25, -0.2) is 0 Å². The van der Waals surface area contributed by atoms with E-state index in [9.17, 15) is 9.90 Å². The van der Waals surface area contributed by atoms with E-state index in [0.29, 0.717) is 22.4 Å². The molecule has 0 unspecified atom stereocenters. The van der Waals surface area contributed by atoms with Gasteiger partial charge in [0.15, 0.2) is 5.78 Å². The van der Waals surface area contributed by atoms with Crippen LogP contribution in [0.2, 0.25) is 0 Å². The lowest BCUT2D eigenvalue weighted by molar-refractivity contribution is 0.104. The highest BCUT2D eigenvalue weighted by Gasteiger charge is 2.30. The fourth-order valence-corrected chi connectivity index (χ4v) is 2.64. The lowest BCUT2D eigenvalue weighted by Gasteiger charge is -2.04. The van der Waals surface area contributed by atoms with E-state index in [1.54, 1.807) is 31.2 Å². The second kappa shape index (κ2) is 5.26. The Morgan fingerprint density at radius 1 is 1.00 bits per heavy atom. The highest BCUT2D eigenvalue weighted by atomic mass is 16.3. The summed E-state index contributed by atoms with van der Waals surface area (Å²) in [5.41, 5.74) is 5.06. The molecular weight excluding hydrogens is 274 g/mol. The molecule has 1 aliphatic rings. The molecule has 0 aliphatic heterocycles. The molecule has 1 aliphatic carbocycles. The average Bonchev–Trinajstić information content (AvgIpc) is 2.75. The molecule has 3 heteroatoms. The maximum Gasteiger partial charge on any atom is 0.199 e. The average molecular weight is 291 g/mol. The van der Waals surface area contributed by atoms with Crippen LogP contribution < -0.4 is 0 Å². The Bertz CT molecular complexity index is 844. The van der Waals surface area contributed by atoms with Gasteiger partial charge in [-0.05, 0) is 44.0 Å². The monoisotopic (exact) mass is 291 g/mol. The molecule has 2 aromatic rings. The second-order valence-electron chi connectivity index (χ2n) is 5.56. The van der Waals surface area contributed by atoms with Crippen molar-refractivity contribution in [3.8, 4) is 0 Å². The molecule has 0 heterocycles. The van der Waals surface area contributed by atoms with Crippen LogP contribution in [0, 0.1) is 13.8 Å². The van der Waals surface area contributed by atoms with Crippen LogP contribution in [-0.2, 0) is 0 Å². The van der Waals surface area contributed by atoms with Gasteiger partial charge in [0.25, 0.3) is 0 Å². The number of hydrogen-bond acceptors (Lipinski definition) is 3. The first-order valence-electron chi connectivity index (χ1n) is 7.19. The standard InChI is InChI=1S/C19H17NO2/c1-11-8-9-14(10-12(11)2)20-13(3)17-18(21)15-6-4-5-7-16(15)19(17)22/h4-10,21H,1-3H3. The molecule has 0 radical (unpaired) electrons. The number of allylic oxidation sites excluding steroid dienone is 1. The highest BCUT2D eigenvalue weighted by Crippen LogP contribution is 2.32. The van der Waals surface area contributed by atoms with E-state index in [1.165, 1.54) is 5.56 Å². The topological polar surface area (TPSA) is 49.7 Å². The molecule has 0 atom stereocenters. The number of aliphatic hydroxyl groups is 1. The summed E-state index contributed by atoms with van der Waals surface area (Å²) < 4.78 is 0. The number of carbonyl (C=O) groups is 1. The molecule has 2 aromatic carbocycles. The molecule has 0 saturated heterocycles. The fourth-order valence-electron chi connectivity index (χ4n) is 2.64. The number of benzene rings is 2. The summed E-state index contributed by atoms with van der Waals surface area (Å²) in [5.74, 6) is -0.149. The molecule has 3 nitrogen and oxygen atoms in total. The maximum absolute atomic E-state index is 12.5. The van der Waals surface area contributed by atoms with E-state index < -0.39 is 0 Å². The van der Waals surface area contributed by atoms with Crippen LogP contribution in [0.4, 0.5) is 5.69 Å². The van der Waals surface area contributed by atoms with Crippen molar-refractivity contribution >= 4 is 22.9 Å². The van der Waals surface area contributed by atoms with Crippen molar-refractivity contribution in [1.82, 2.24) is 0 Å². The highest BCUT2D eigenvalue weighted by molar-refractivity contribution is 6.35. The zero-order chi connectivity index (χ0) is 15.9. The van der Waals surface area contributed by atoms with Crippen LogP contribution in [0.1, 0.15) is 34.0 Å². The zero-order valence-corrected chi connectivity index (χ0v) is 12.8. The number of aliphatic hydroxyl groups excluding tert-OH is 1. The number of ketones is 1. The Hall–Kier alpha value is -2.68. The lowest BCUT2D eigenvalue weighted by Crippen LogP contribution is -2.07. The van der Waals surface area contributed by atoms with Crippen LogP contribution in [0.5, 0.6) is 0 Å². The first-order valence-corrected chi connectivity index (χ1v) is 7.19. The summed E-state index contributed by atoms with van der Waals surface area (Å²) in [5, 5.41) is 10.3. The summed E-state index contributed by atoms with van der Waals surface area (Å²) in [4.78, 5) is 17.0. The van der Waals surface area contributed by atoms with Crippen LogP contribution in [0.15, 0.2) is 53.0 Å². The van der Waals surface area contributed by atoms with Gasteiger partial charge in [-0.2, -0.15) is 0 Å². The number of fused-ring (bicyclic) bond motifs is 1. The number of Topliss-reactive ketones (excluding diaryl/α,β-unsaturated/α-hetero) is 1. The van der Waals surface area contributed by atoms with Crippen molar-refractivity contribution in [2.24, 2.45) is 4.99 Å². The van der Waals surface area contributed by atoms with Crippen LogP contribution in [-0.4, -0.2) is 16.6 Å². The molecule has 0 bridgehead atoms. The normalized spacial score (nSPS) is 14.5. The number of rotatable bonds is 2. The molecule has 0 amide bonds. The lowest BCUT2D eigenvalue weighted by atomic mass is 10.1. The minimum atomic E-state index is -0.168.